The first kappa shape index (κ1) is 6.90. The van der Waals surface area contributed by atoms with Crippen LogP contribution >= 0.6 is 0 Å². The molecule has 0 saturated heterocycles. The second kappa shape index (κ2) is 2.37. The van der Waals surface area contributed by atoms with Crippen molar-refractivity contribution in [3.63, 3.8) is 0 Å². The molecule has 2 aromatic heterocycles. The molecule has 1 N–H and O–H groups in total. The molecule has 60 valence electrons. The molecule has 0 aliphatic carbocycles. The second-order valence-electron chi connectivity index (χ2n) is 2.41. The van der Waals surface area contributed by atoms with E-state index >= 15 is 0 Å². The summed E-state index contributed by atoms with van der Waals surface area (Å²) in [6.07, 6.45) is 3.08. The van der Waals surface area contributed by atoms with Gasteiger partial charge in [-0.05, 0) is 6.92 Å². The van der Waals surface area contributed by atoms with Gasteiger partial charge < -0.3 is 0 Å². The van der Waals surface area contributed by atoms with Crippen LogP contribution < -0.4 is 5.69 Å². The van der Waals surface area contributed by atoms with Crippen LogP contribution in [-0.4, -0.2) is 19.9 Å². The van der Waals surface area contributed by atoms with Crippen LogP contribution in [0.4, 0.5) is 0 Å². The predicted octanol–water partition coefficient (Wildman–Crippen LogP) is 0.0215. The average Bonchev–Trinajstić information content (AvgIpc) is 2.03. The summed E-state index contributed by atoms with van der Waals surface area (Å²) in [5.74, 6) is 0.629. The highest BCUT2D eigenvalue weighted by Gasteiger charge is 1.96. The summed E-state index contributed by atoms with van der Waals surface area (Å²) in [6.45, 7) is 1.76. The lowest BCUT2D eigenvalue weighted by molar-refractivity contribution is 1.03. The van der Waals surface area contributed by atoms with Crippen LogP contribution in [0.3, 0.4) is 0 Å². The Morgan fingerprint density at radius 2 is 2.08 bits per heavy atom. The summed E-state index contributed by atoms with van der Waals surface area (Å²) in [6, 6.07) is 0. The van der Waals surface area contributed by atoms with Gasteiger partial charge in [-0.1, -0.05) is 0 Å². The van der Waals surface area contributed by atoms with E-state index in [2.05, 4.69) is 19.9 Å². The number of H-pyrrole nitrogens is 1. The Hall–Kier alpha value is -1.78. The lowest BCUT2D eigenvalue weighted by Crippen LogP contribution is -2.09. The molecule has 0 atom stereocenters. The van der Waals surface area contributed by atoms with Gasteiger partial charge in [-0.2, -0.15) is 0 Å². The molecule has 0 aromatic carbocycles. The molecule has 12 heavy (non-hydrogen) atoms. The van der Waals surface area contributed by atoms with Crippen molar-refractivity contribution in [3.8, 4) is 0 Å². The number of nitrogens with zero attached hydrogens (tertiary/aromatic N) is 3. The molecular formula is C7H6N4O. The number of hydrogen-bond acceptors (Lipinski definition) is 4. The standard InChI is InChI=1S/C7H6N4O/c1-4-8-2-5-3-9-7(12)11-6(5)10-4/h2-3H,1H3,(H,8,9,10,11,12). The number of aromatic amines is 1. The molecule has 0 amide bonds. The smallest absolute Gasteiger partial charge is 0.290 e. The highest BCUT2D eigenvalue weighted by atomic mass is 16.1. The van der Waals surface area contributed by atoms with Crippen LogP contribution in [0, 0.1) is 6.92 Å². The summed E-state index contributed by atoms with van der Waals surface area (Å²) in [5, 5.41) is 0.736. The fraction of sp³-hybridized carbons (Fsp3) is 0.143. The monoisotopic (exact) mass is 162 g/mol. The number of hydrogen-bond donors (Lipinski definition) is 1. The molecule has 0 saturated carbocycles. The summed E-state index contributed by atoms with van der Waals surface area (Å²) in [7, 11) is 0. The normalized spacial score (nSPS) is 10.4. The Morgan fingerprint density at radius 1 is 1.33 bits per heavy atom. The van der Waals surface area contributed by atoms with Crippen molar-refractivity contribution >= 4 is 11.0 Å². The molecule has 0 spiro atoms. The minimum Gasteiger partial charge on any atom is -0.290 e. The molecule has 0 unspecified atom stereocenters. The summed E-state index contributed by atoms with van der Waals surface area (Å²) >= 11 is 0. The predicted molar refractivity (Wildman–Crippen MR) is 42.7 cm³/mol. The molecule has 0 bridgehead atoms. The van der Waals surface area contributed by atoms with Gasteiger partial charge in [0.2, 0.25) is 0 Å². The zero-order valence-corrected chi connectivity index (χ0v) is 6.40. The Balaban J connectivity index is 2.89. The molecule has 0 radical (unpaired) electrons. The van der Waals surface area contributed by atoms with Crippen molar-refractivity contribution in [1.82, 2.24) is 19.9 Å². The quantitative estimate of drug-likeness (QED) is 0.592. The van der Waals surface area contributed by atoms with Crippen molar-refractivity contribution in [1.29, 1.82) is 0 Å². The summed E-state index contributed by atoms with van der Waals surface area (Å²) in [5.41, 5.74) is 0.142. The molecule has 2 rings (SSSR count). The molecular weight excluding hydrogens is 156 g/mol. The van der Waals surface area contributed by atoms with Crippen LogP contribution in [0.25, 0.3) is 11.0 Å². The van der Waals surface area contributed by atoms with E-state index in [1.807, 2.05) is 0 Å². The van der Waals surface area contributed by atoms with Gasteiger partial charge in [0.15, 0.2) is 0 Å². The Bertz CT molecular complexity index is 476. The SMILES string of the molecule is Cc1ncc2cnc(=O)[nH]c2n1. The van der Waals surface area contributed by atoms with Crippen LogP contribution in [0.5, 0.6) is 0 Å². The van der Waals surface area contributed by atoms with Crippen molar-refractivity contribution in [2.45, 2.75) is 6.92 Å². The van der Waals surface area contributed by atoms with Gasteiger partial charge in [-0.15, -0.1) is 0 Å². The van der Waals surface area contributed by atoms with Gasteiger partial charge in [0, 0.05) is 12.4 Å². The number of aromatic nitrogens is 4. The largest absolute Gasteiger partial charge is 0.346 e. The number of fused-ring (bicyclic) bond motifs is 1. The molecule has 2 heterocycles. The molecule has 0 fully saturated rings. The maximum Gasteiger partial charge on any atom is 0.346 e. The van der Waals surface area contributed by atoms with Crippen LogP contribution in [0.2, 0.25) is 0 Å². The third-order valence-corrected chi connectivity index (χ3v) is 1.48. The summed E-state index contributed by atoms with van der Waals surface area (Å²) < 4.78 is 0. The van der Waals surface area contributed by atoms with E-state index in [-0.39, 0.29) is 5.69 Å². The minimum absolute atomic E-state index is 0.388. The topological polar surface area (TPSA) is 71.5 Å². The van der Waals surface area contributed by atoms with E-state index in [1.54, 1.807) is 13.1 Å². The average molecular weight is 162 g/mol. The van der Waals surface area contributed by atoms with Crippen molar-refractivity contribution in [2.75, 3.05) is 0 Å². The van der Waals surface area contributed by atoms with E-state index in [0.29, 0.717) is 11.5 Å². The molecule has 5 nitrogen and oxygen atoms in total. The van der Waals surface area contributed by atoms with Crippen molar-refractivity contribution in [2.24, 2.45) is 0 Å². The fourth-order valence-electron chi connectivity index (χ4n) is 0.936. The molecule has 5 heteroatoms. The van der Waals surface area contributed by atoms with Gasteiger partial charge in [-0.25, -0.2) is 19.7 Å². The first-order valence-corrected chi connectivity index (χ1v) is 3.44. The zero-order valence-electron chi connectivity index (χ0n) is 6.40. The Kier molecular flexibility index (Phi) is 1.36. The highest BCUT2D eigenvalue weighted by Crippen LogP contribution is 2.01. The lowest BCUT2D eigenvalue weighted by Gasteiger charge is -1.94. The second-order valence-corrected chi connectivity index (χ2v) is 2.41. The van der Waals surface area contributed by atoms with Gasteiger partial charge >= 0.3 is 5.69 Å². The lowest BCUT2D eigenvalue weighted by atomic mass is 10.4. The highest BCUT2D eigenvalue weighted by molar-refractivity contribution is 5.71. The van der Waals surface area contributed by atoms with Gasteiger partial charge in [0.25, 0.3) is 0 Å². The first-order chi connectivity index (χ1) is 5.75. The fourth-order valence-corrected chi connectivity index (χ4v) is 0.936. The van der Waals surface area contributed by atoms with Gasteiger partial charge in [0.05, 0.1) is 5.39 Å². The summed E-state index contributed by atoms with van der Waals surface area (Å²) in [4.78, 5) is 24.8. The van der Waals surface area contributed by atoms with Crippen LogP contribution in [0.1, 0.15) is 5.82 Å². The van der Waals surface area contributed by atoms with Gasteiger partial charge in [-0.3, -0.25) is 4.98 Å². The number of nitrogens with one attached hydrogen (secondary N) is 1. The van der Waals surface area contributed by atoms with E-state index in [9.17, 15) is 4.79 Å². The maximum absolute atomic E-state index is 10.8. The van der Waals surface area contributed by atoms with Crippen LogP contribution in [-0.2, 0) is 0 Å². The number of rotatable bonds is 0. The third kappa shape index (κ3) is 1.05. The number of aryl methyl sites for hydroxylation is 1. The minimum atomic E-state index is -0.388. The van der Waals surface area contributed by atoms with Crippen LogP contribution in [0.15, 0.2) is 17.2 Å². The van der Waals surface area contributed by atoms with Gasteiger partial charge in [0.1, 0.15) is 11.5 Å². The van der Waals surface area contributed by atoms with E-state index in [4.69, 9.17) is 0 Å². The van der Waals surface area contributed by atoms with Crippen molar-refractivity contribution in [3.05, 3.63) is 28.7 Å². The Morgan fingerprint density at radius 3 is 2.92 bits per heavy atom. The van der Waals surface area contributed by atoms with E-state index in [1.165, 1.54) is 6.20 Å². The zero-order chi connectivity index (χ0) is 8.55. The van der Waals surface area contributed by atoms with E-state index in [0.717, 1.165) is 5.39 Å². The molecule has 0 aliphatic rings. The van der Waals surface area contributed by atoms with Crippen molar-refractivity contribution < 1.29 is 0 Å². The Labute approximate surface area is 67.5 Å². The first-order valence-electron chi connectivity index (χ1n) is 3.44. The maximum atomic E-state index is 10.8. The molecule has 2 aromatic rings. The third-order valence-electron chi connectivity index (χ3n) is 1.48. The molecule has 0 aliphatic heterocycles. The van der Waals surface area contributed by atoms with E-state index < -0.39 is 0 Å².